The molecule has 5 heteroatoms. The van der Waals surface area contributed by atoms with Crippen molar-refractivity contribution in [1.29, 1.82) is 0 Å². The highest BCUT2D eigenvalue weighted by molar-refractivity contribution is 7.97. The maximum absolute atomic E-state index is 12.9. The van der Waals surface area contributed by atoms with E-state index in [0.717, 1.165) is 42.8 Å². The zero-order chi connectivity index (χ0) is 17.9. The molecule has 1 aliphatic rings. The molecule has 26 heavy (non-hydrogen) atoms. The van der Waals surface area contributed by atoms with Gasteiger partial charge in [-0.15, -0.1) is 11.3 Å². The largest absolute Gasteiger partial charge is 0.338 e. The Morgan fingerprint density at radius 2 is 2.04 bits per heavy atom. The smallest absolute Gasteiger partial charge is 0.253 e. The fourth-order valence-corrected chi connectivity index (χ4v) is 5.14. The molecule has 2 aromatic carbocycles. The van der Waals surface area contributed by atoms with Gasteiger partial charge < -0.3 is 4.90 Å². The Hall–Kier alpha value is -1.85. The Balaban J connectivity index is 1.49. The summed E-state index contributed by atoms with van der Waals surface area (Å²) < 4.78 is 1.23. The van der Waals surface area contributed by atoms with Gasteiger partial charge in [0, 0.05) is 30.3 Å². The Labute approximate surface area is 162 Å². The molecule has 1 saturated heterocycles. The van der Waals surface area contributed by atoms with Crippen LogP contribution in [0.5, 0.6) is 0 Å². The average Bonchev–Trinajstić information content (AvgIpc) is 3.13. The lowest BCUT2D eigenvalue weighted by atomic mass is 9.98. The van der Waals surface area contributed by atoms with E-state index in [4.69, 9.17) is 4.98 Å². The van der Waals surface area contributed by atoms with Gasteiger partial charge in [0.1, 0.15) is 0 Å². The van der Waals surface area contributed by atoms with E-state index < -0.39 is 0 Å². The number of rotatable bonds is 4. The summed E-state index contributed by atoms with van der Waals surface area (Å²) in [7, 11) is 0. The highest BCUT2D eigenvalue weighted by Gasteiger charge is 2.27. The number of amides is 1. The summed E-state index contributed by atoms with van der Waals surface area (Å²) in [5.41, 5.74) is 3.13. The third-order valence-corrected chi connectivity index (χ3v) is 6.70. The number of thiazole rings is 1. The second-order valence-corrected chi connectivity index (χ2v) is 8.67. The van der Waals surface area contributed by atoms with Crippen LogP contribution in [0.2, 0.25) is 0 Å². The fraction of sp³-hybridized carbons (Fsp3) is 0.333. The van der Waals surface area contributed by atoms with Crippen molar-refractivity contribution < 1.29 is 4.79 Å². The minimum atomic E-state index is 0.145. The number of likely N-dealkylation sites (tertiary alicyclic amines) is 1. The molecule has 2 heterocycles. The molecule has 4 rings (SSSR count). The molecule has 1 amide bonds. The summed E-state index contributed by atoms with van der Waals surface area (Å²) in [5.74, 6) is 1.48. The second-order valence-electron chi connectivity index (χ2n) is 6.74. The molecule has 0 unspecified atom stereocenters. The number of hydrogen-bond donors (Lipinski definition) is 0. The van der Waals surface area contributed by atoms with Crippen molar-refractivity contribution in [2.75, 3.05) is 19.3 Å². The maximum atomic E-state index is 12.9. The first kappa shape index (κ1) is 17.6. The molecule has 0 radical (unpaired) electrons. The number of nitrogens with zero attached hydrogens (tertiary/aromatic N) is 2. The molecular weight excluding hydrogens is 360 g/mol. The molecule has 0 saturated carbocycles. The minimum Gasteiger partial charge on any atom is -0.338 e. The van der Waals surface area contributed by atoms with Crippen LogP contribution in [0, 0.1) is 0 Å². The SMILES string of the molecule is CSCc1ccc(C(=O)N2CCC[C@H](c3nc4ccccc4s3)C2)cc1. The van der Waals surface area contributed by atoms with Gasteiger partial charge in [-0.3, -0.25) is 4.79 Å². The van der Waals surface area contributed by atoms with Crippen LogP contribution in [0.25, 0.3) is 10.2 Å². The van der Waals surface area contributed by atoms with Gasteiger partial charge in [0.2, 0.25) is 0 Å². The maximum Gasteiger partial charge on any atom is 0.253 e. The van der Waals surface area contributed by atoms with Crippen LogP contribution in [0.15, 0.2) is 48.5 Å². The summed E-state index contributed by atoms with van der Waals surface area (Å²) in [4.78, 5) is 19.7. The molecule has 1 aliphatic heterocycles. The molecule has 1 atom stereocenters. The lowest BCUT2D eigenvalue weighted by molar-refractivity contribution is 0.0707. The monoisotopic (exact) mass is 382 g/mol. The van der Waals surface area contributed by atoms with Gasteiger partial charge in [0.25, 0.3) is 5.91 Å². The quantitative estimate of drug-likeness (QED) is 0.623. The molecule has 0 N–H and O–H groups in total. The van der Waals surface area contributed by atoms with E-state index in [9.17, 15) is 4.79 Å². The summed E-state index contributed by atoms with van der Waals surface area (Å²) in [6, 6.07) is 16.3. The highest BCUT2D eigenvalue weighted by Crippen LogP contribution is 2.33. The second kappa shape index (κ2) is 7.80. The van der Waals surface area contributed by atoms with E-state index in [1.807, 2.05) is 23.1 Å². The number of aromatic nitrogens is 1. The molecular formula is C21H22N2OS2. The van der Waals surface area contributed by atoms with Crippen molar-refractivity contribution in [3.63, 3.8) is 0 Å². The Morgan fingerprint density at radius 1 is 1.23 bits per heavy atom. The normalized spacial score (nSPS) is 17.6. The van der Waals surface area contributed by atoms with Crippen molar-refractivity contribution in [3.8, 4) is 0 Å². The van der Waals surface area contributed by atoms with E-state index in [2.05, 4.69) is 36.6 Å². The van der Waals surface area contributed by atoms with Crippen LogP contribution in [-0.4, -0.2) is 35.1 Å². The summed E-state index contributed by atoms with van der Waals surface area (Å²) in [6.07, 6.45) is 4.24. The number of para-hydroxylation sites is 1. The van der Waals surface area contributed by atoms with Crippen LogP contribution in [-0.2, 0) is 5.75 Å². The van der Waals surface area contributed by atoms with E-state index in [-0.39, 0.29) is 5.91 Å². The number of carbonyl (C=O) groups is 1. The average molecular weight is 383 g/mol. The van der Waals surface area contributed by atoms with Crippen LogP contribution in [0.1, 0.15) is 39.7 Å². The number of piperidine rings is 1. The molecule has 1 aromatic heterocycles. The Morgan fingerprint density at radius 3 is 2.81 bits per heavy atom. The molecule has 134 valence electrons. The number of fused-ring (bicyclic) bond motifs is 1. The predicted molar refractivity (Wildman–Crippen MR) is 111 cm³/mol. The first-order valence-electron chi connectivity index (χ1n) is 8.97. The number of thioether (sulfide) groups is 1. The summed E-state index contributed by atoms with van der Waals surface area (Å²) in [6.45, 7) is 1.61. The van der Waals surface area contributed by atoms with Crippen LogP contribution in [0.3, 0.4) is 0 Å². The van der Waals surface area contributed by atoms with E-state index in [0.29, 0.717) is 5.92 Å². The summed E-state index contributed by atoms with van der Waals surface area (Å²) in [5, 5.41) is 1.17. The number of hydrogen-bond acceptors (Lipinski definition) is 4. The van der Waals surface area contributed by atoms with Gasteiger partial charge in [-0.25, -0.2) is 4.98 Å². The first-order chi connectivity index (χ1) is 12.7. The molecule has 0 bridgehead atoms. The molecule has 0 spiro atoms. The predicted octanol–water partition coefficient (Wildman–Crippen LogP) is 5.18. The minimum absolute atomic E-state index is 0.145. The zero-order valence-corrected chi connectivity index (χ0v) is 16.5. The van der Waals surface area contributed by atoms with Crippen molar-refractivity contribution in [3.05, 3.63) is 64.7 Å². The van der Waals surface area contributed by atoms with Gasteiger partial charge in [-0.1, -0.05) is 24.3 Å². The van der Waals surface area contributed by atoms with E-state index in [1.165, 1.54) is 15.3 Å². The van der Waals surface area contributed by atoms with Gasteiger partial charge in [-0.2, -0.15) is 11.8 Å². The fourth-order valence-electron chi connectivity index (χ4n) is 3.52. The first-order valence-corrected chi connectivity index (χ1v) is 11.2. The van der Waals surface area contributed by atoms with Crippen molar-refractivity contribution in [2.24, 2.45) is 0 Å². The lowest BCUT2D eigenvalue weighted by Gasteiger charge is -2.32. The summed E-state index contributed by atoms with van der Waals surface area (Å²) >= 11 is 3.56. The molecule has 3 nitrogen and oxygen atoms in total. The Kier molecular flexibility index (Phi) is 5.27. The lowest BCUT2D eigenvalue weighted by Crippen LogP contribution is -2.39. The van der Waals surface area contributed by atoms with E-state index >= 15 is 0 Å². The van der Waals surface area contributed by atoms with Gasteiger partial charge >= 0.3 is 0 Å². The third kappa shape index (κ3) is 3.64. The van der Waals surface area contributed by atoms with Crippen molar-refractivity contribution in [2.45, 2.75) is 24.5 Å². The standard InChI is InChI=1S/C21H22N2OS2/c1-25-14-15-8-10-16(11-9-15)21(24)23-12-4-5-17(13-23)20-22-18-6-2-3-7-19(18)26-20/h2-3,6-11,17H,4-5,12-14H2,1H3/t17-/m0/s1. The highest BCUT2D eigenvalue weighted by atomic mass is 32.2. The number of carbonyl (C=O) groups excluding carboxylic acids is 1. The van der Waals surface area contributed by atoms with Gasteiger partial charge in [-0.05, 0) is 48.9 Å². The van der Waals surface area contributed by atoms with Crippen molar-refractivity contribution >= 4 is 39.2 Å². The van der Waals surface area contributed by atoms with Crippen molar-refractivity contribution in [1.82, 2.24) is 9.88 Å². The van der Waals surface area contributed by atoms with Crippen LogP contribution >= 0.6 is 23.1 Å². The van der Waals surface area contributed by atoms with Gasteiger partial charge in [0.15, 0.2) is 0 Å². The molecule has 3 aromatic rings. The van der Waals surface area contributed by atoms with Crippen LogP contribution < -0.4 is 0 Å². The van der Waals surface area contributed by atoms with E-state index in [1.54, 1.807) is 23.1 Å². The number of benzene rings is 2. The zero-order valence-electron chi connectivity index (χ0n) is 14.9. The molecule has 0 aliphatic carbocycles. The van der Waals surface area contributed by atoms with Crippen LogP contribution in [0.4, 0.5) is 0 Å². The molecule has 1 fully saturated rings. The Bertz CT molecular complexity index is 871. The third-order valence-electron chi connectivity index (χ3n) is 4.88. The van der Waals surface area contributed by atoms with Gasteiger partial charge in [0.05, 0.1) is 15.2 Å². The topological polar surface area (TPSA) is 33.2 Å².